The molecule has 1 unspecified atom stereocenters. The van der Waals surface area contributed by atoms with Gasteiger partial charge in [0, 0.05) is 46.3 Å². The summed E-state index contributed by atoms with van der Waals surface area (Å²) in [6, 6.07) is 0. The largest absolute Gasteiger partial charge is 0.381 e. The summed E-state index contributed by atoms with van der Waals surface area (Å²) in [5, 5.41) is 3.19. The van der Waals surface area contributed by atoms with E-state index in [4.69, 9.17) is 4.74 Å². The van der Waals surface area contributed by atoms with Crippen molar-refractivity contribution >= 4 is 11.9 Å². The van der Waals surface area contributed by atoms with E-state index in [9.17, 15) is 4.79 Å². The predicted octanol–water partition coefficient (Wildman–Crippen LogP) is 0.543. The second kappa shape index (κ2) is 7.11. The molecule has 6 nitrogen and oxygen atoms in total. The van der Waals surface area contributed by atoms with Crippen LogP contribution in [0.2, 0.25) is 0 Å². The maximum Gasteiger partial charge on any atom is 0.241 e. The van der Waals surface area contributed by atoms with Crippen molar-refractivity contribution in [1.82, 2.24) is 15.1 Å². The zero-order valence-corrected chi connectivity index (χ0v) is 13.5. The van der Waals surface area contributed by atoms with Gasteiger partial charge in [-0.1, -0.05) is 0 Å². The number of rotatable bonds is 2. The van der Waals surface area contributed by atoms with E-state index in [-0.39, 0.29) is 11.3 Å². The van der Waals surface area contributed by atoms with Crippen molar-refractivity contribution in [3.8, 4) is 0 Å². The van der Waals surface area contributed by atoms with Crippen LogP contribution in [0.15, 0.2) is 4.99 Å². The van der Waals surface area contributed by atoms with Crippen molar-refractivity contribution in [3.05, 3.63) is 0 Å². The second-order valence-corrected chi connectivity index (χ2v) is 6.37. The Morgan fingerprint density at radius 1 is 1.38 bits per heavy atom. The first kappa shape index (κ1) is 16.1. The van der Waals surface area contributed by atoms with Gasteiger partial charge in [-0.15, -0.1) is 0 Å². The third kappa shape index (κ3) is 4.09. The van der Waals surface area contributed by atoms with Crippen molar-refractivity contribution < 1.29 is 9.53 Å². The van der Waals surface area contributed by atoms with Crippen LogP contribution in [0, 0.1) is 5.41 Å². The number of piperidine rings is 1. The van der Waals surface area contributed by atoms with Crippen LogP contribution >= 0.6 is 0 Å². The number of guanidine groups is 1. The van der Waals surface area contributed by atoms with Gasteiger partial charge in [-0.25, -0.2) is 0 Å². The van der Waals surface area contributed by atoms with Gasteiger partial charge in [0.1, 0.15) is 0 Å². The summed E-state index contributed by atoms with van der Waals surface area (Å²) in [6.07, 6.45) is 4.78. The van der Waals surface area contributed by atoms with E-state index in [2.05, 4.69) is 15.2 Å². The summed E-state index contributed by atoms with van der Waals surface area (Å²) in [5.74, 6) is 0.888. The van der Waals surface area contributed by atoms with E-state index >= 15 is 0 Å². The second-order valence-electron chi connectivity index (χ2n) is 6.37. The number of nitrogens with zero attached hydrogens (tertiary/aromatic N) is 3. The molecular weight excluding hydrogens is 268 g/mol. The fraction of sp³-hybridized carbons (Fsp3) is 0.867. The number of aliphatic imine (C=N–C) groups is 1. The normalized spacial score (nSPS) is 26.8. The van der Waals surface area contributed by atoms with Gasteiger partial charge in [-0.3, -0.25) is 9.79 Å². The smallest absolute Gasteiger partial charge is 0.241 e. The summed E-state index contributed by atoms with van der Waals surface area (Å²) in [7, 11) is 5.31. The van der Waals surface area contributed by atoms with Gasteiger partial charge >= 0.3 is 0 Å². The Morgan fingerprint density at radius 2 is 2.14 bits per heavy atom. The summed E-state index contributed by atoms with van der Waals surface area (Å²) in [4.78, 5) is 19.9. The molecule has 21 heavy (non-hydrogen) atoms. The molecule has 0 aliphatic carbocycles. The topological polar surface area (TPSA) is 57.2 Å². The van der Waals surface area contributed by atoms with E-state index < -0.39 is 0 Å². The molecule has 2 aliphatic heterocycles. The standard InChI is InChI=1S/C15H28N4O2/c1-16-14(17-10-13(20)18(2)3)19-8-4-6-15(11-19)7-5-9-21-12-15/h4-12H2,1-3H3,(H,16,17). The van der Waals surface area contributed by atoms with Crippen LogP contribution < -0.4 is 5.32 Å². The Balaban J connectivity index is 1.93. The first-order valence-electron chi connectivity index (χ1n) is 7.80. The van der Waals surface area contributed by atoms with Crippen molar-refractivity contribution in [2.24, 2.45) is 10.4 Å². The lowest BCUT2D eigenvalue weighted by molar-refractivity contribution is -0.127. The number of carbonyl (C=O) groups is 1. The average Bonchev–Trinajstić information content (AvgIpc) is 2.48. The molecule has 0 aromatic carbocycles. The van der Waals surface area contributed by atoms with E-state index in [1.165, 1.54) is 12.8 Å². The molecule has 2 aliphatic rings. The van der Waals surface area contributed by atoms with Crippen LogP contribution in [-0.4, -0.2) is 75.7 Å². The first-order valence-corrected chi connectivity index (χ1v) is 7.80. The summed E-state index contributed by atoms with van der Waals surface area (Å²) < 4.78 is 5.71. The van der Waals surface area contributed by atoms with Crippen LogP contribution in [-0.2, 0) is 9.53 Å². The molecule has 1 N–H and O–H groups in total. The average molecular weight is 296 g/mol. The molecular formula is C15H28N4O2. The minimum atomic E-state index is 0.0591. The number of likely N-dealkylation sites (tertiary alicyclic amines) is 1. The van der Waals surface area contributed by atoms with E-state index in [0.717, 1.165) is 45.1 Å². The SMILES string of the molecule is CN=C(NCC(=O)N(C)C)N1CCCC2(CCCOC2)C1. The maximum atomic E-state index is 11.7. The lowest BCUT2D eigenvalue weighted by atomic mass is 9.76. The van der Waals surface area contributed by atoms with Crippen molar-refractivity contribution in [2.45, 2.75) is 25.7 Å². The molecule has 0 aromatic heterocycles. The van der Waals surface area contributed by atoms with Crippen LogP contribution in [0.25, 0.3) is 0 Å². The minimum Gasteiger partial charge on any atom is -0.381 e. The molecule has 1 atom stereocenters. The Morgan fingerprint density at radius 3 is 2.76 bits per heavy atom. The zero-order chi connectivity index (χ0) is 15.3. The van der Waals surface area contributed by atoms with E-state index in [1.54, 1.807) is 26.0 Å². The van der Waals surface area contributed by atoms with Gasteiger partial charge in [0.05, 0.1) is 13.2 Å². The number of hydrogen-bond acceptors (Lipinski definition) is 3. The highest BCUT2D eigenvalue weighted by molar-refractivity contribution is 5.86. The fourth-order valence-corrected chi connectivity index (χ4v) is 3.27. The Kier molecular flexibility index (Phi) is 5.45. The molecule has 1 spiro atoms. The van der Waals surface area contributed by atoms with Crippen LogP contribution in [0.3, 0.4) is 0 Å². The molecule has 0 radical (unpaired) electrons. The highest BCUT2D eigenvalue weighted by Gasteiger charge is 2.38. The number of carbonyl (C=O) groups excluding carboxylic acids is 1. The van der Waals surface area contributed by atoms with E-state index in [0.29, 0.717) is 6.54 Å². The van der Waals surface area contributed by atoms with Crippen LogP contribution in [0.5, 0.6) is 0 Å². The molecule has 2 fully saturated rings. The van der Waals surface area contributed by atoms with Gasteiger partial charge in [-0.2, -0.15) is 0 Å². The molecule has 2 rings (SSSR count). The number of hydrogen-bond donors (Lipinski definition) is 1. The van der Waals surface area contributed by atoms with Gasteiger partial charge in [0.2, 0.25) is 5.91 Å². The van der Waals surface area contributed by atoms with Crippen molar-refractivity contribution in [3.63, 3.8) is 0 Å². The third-order valence-electron chi connectivity index (χ3n) is 4.47. The predicted molar refractivity (Wildman–Crippen MR) is 83.3 cm³/mol. The zero-order valence-electron chi connectivity index (χ0n) is 13.5. The summed E-state index contributed by atoms with van der Waals surface area (Å²) in [6.45, 7) is 4.02. The van der Waals surface area contributed by atoms with E-state index in [1.807, 2.05) is 0 Å². The van der Waals surface area contributed by atoms with Gasteiger partial charge < -0.3 is 19.9 Å². The van der Waals surface area contributed by atoms with Crippen LogP contribution in [0.4, 0.5) is 0 Å². The Labute approximate surface area is 127 Å². The monoisotopic (exact) mass is 296 g/mol. The maximum absolute atomic E-state index is 11.7. The molecule has 2 saturated heterocycles. The lowest BCUT2D eigenvalue weighted by Gasteiger charge is -2.45. The van der Waals surface area contributed by atoms with Crippen LogP contribution in [0.1, 0.15) is 25.7 Å². The minimum absolute atomic E-state index is 0.0591. The molecule has 6 heteroatoms. The lowest BCUT2D eigenvalue weighted by Crippen LogP contribution is -2.54. The molecule has 2 heterocycles. The van der Waals surface area contributed by atoms with Gasteiger partial charge in [-0.05, 0) is 25.7 Å². The molecule has 120 valence electrons. The third-order valence-corrected chi connectivity index (χ3v) is 4.47. The highest BCUT2D eigenvalue weighted by atomic mass is 16.5. The first-order chi connectivity index (χ1) is 10.1. The number of ether oxygens (including phenoxy) is 1. The van der Waals surface area contributed by atoms with Crippen molar-refractivity contribution in [1.29, 1.82) is 0 Å². The summed E-state index contributed by atoms with van der Waals surface area (Å²) >= 11 is 0. The molecule has 0 saturated carbocycles. The number of amides is 1. The number of likely N-dealkylation sites (N-methyl/N-ethyl adjacent to an activating group) is 1. The number of nitrogens with one attached hydrogen (secondary N) is 1. The van der Waals surface area contributed by atoms with Gasteiger partial charge in [0.25, 0.3) is 0 Å². The van der Waals surface area contributed by atoms with Gasteiger partial charge in [0.15, 0.2) is 5.96 Å². The molecule has 0 bridgehead atoms. The molecule has 1 amide bonds. The fourth-order valence-electron chi connectivity index (χ4n) is 3.27. The Hall–Kier alpha value is -1.30. The Bertz CT molecular complexity index is 384. The summed E-state index contributed by atoms with van der Waals surface area (Å²) in [5.41, 5.74) is 0.277. The molecule has 0 aromatic rings. The van der Waals surface area contributed by atoms with Crippen molar-refractivity contribution in [2.75, 3.05) is 54.0 Å². The quantitative estimate of drug-likeness (QED) is 0.597. The highest BCUT2D eigenvalue weighted by Crippen LogP contribution is 2.37.